The molecule has 150 valence electrons. The lowest BCUT2D eigenvalue weighted by Crippen LogP contribution is -2.09. The SMILES string of the molecule is COc1ccc(F)c(-c2cc(C(=O)Oc3cccc([C@H](O)CC(=O)O)c3)on2)c1. The summed E-state index contributed by atoms with van der Waals surface area (Å²) >= 11 is 0. The summed E-state index contributed by atoms with van der Waals surface area (Å²) in [6.07, 6.45) is -1.74. The Balaban J connectivity index is 1.77. The van der Waals surface area contributed by atoms with Gasteiger partial charge in [-0.2, -0.15) is 0 Å². The lowest BCUT2D eigenvalue weighted by molar-refractivity contribution is -0.139. The van der Waals surface area contributed by atoms with Crippen LogP contribution in [-0.2, 0) is 4.79 Å². The first-order valence-electron chi connectivity index (χ1n) is 8.40. The number of benzene rings is 2. The predicted octanol–water partition coefficient (Wildman–Crippen LogP) is 3.22. The number of aliphatic carboxylic acids is 1. The Morgan fingerprint density at radius 2 is 1.97 bits per heavy atom. The smallest absolute Gasteiger partial charge is 0.382 e. The monoisotopic (exact) mass is 401 g/mol. The van der Waals surface area contributed by atoms with E-state index in [9.17, 15) is 19.1 Å². The van der Waals surface area contributed by atoms with Crippen molar-refractivity contribution in [1.29, 1.82) is 0 Å². The van der Waals surface area contributed by atoms with Gasteiger partial charge in [-0.25, -0.2) is 9.18 Å². The molecule has 1 aromatic heterocycles. The summed E-state index contributed by atoms with van der Waals surface area (Å²) in [5, 5.41) is 22.3. The number of methoxy groups -OCH3 is 1. The summed E-state index contributed by atoms with van der Waals surface area (Å²) < 4.78 is 29.2. The van der Waals surface area contributed by atoms with Crippen molar-refractivity contribution in [2.45, 2.75) is 12.5 Å². The second kappa shape index (κ2) is 8.53. The van der Waals surface area contributed by atoms with E-state index in [1.165, 1.54) is 55.6 Å². The van der Waals surface area contributed by atoms with Gasteiger partial charge in [0.15, 0.2) is 0 Å². The Hall–Kier alpha value is -3.72. The minimum absolute atomic E-state index is 0.0717. The quantitative estimate of drug-likeness (QED) is 0.458. The Kier molecular flexibility index (Phi) is 5.89. The van der Waals surface area contributed by atoms with Crippen LogP contribution in [0.15, 0.2) is 53.1 Å². The van der Waals surface area contributed by atoms with Crippen molar-refractivity contribution in [1.82, 2.24) is 5.16 Å². The average Bonchev–Trinajstić information content (AvgIpc) is 3.18. The van der Waals surface area contributed by atoms with Gasteiger partial charge in [0.05, 0.1) is 19.6 Å². The van der Waals surface area contributed by atoms with Crippen molar-refractivity contribution in [3.05, 3.63) is 65.7 Å². The number of halogens is 1. The zero-order valence-corrected chi connectivity index (χ0v) is 15.2. The fourth-order valence-electron chi connectivity index (χ4n) is 2.55. The molecular weight excluding hydrogens is 385 g/mol. The fraction of sp³-hybridized carbons (Fsp3) is 0.150. The molecule has 29 heavy (non-hydrogen) atoms. The minimum atomic E-state index is -1.25. The van der Waals surface area contributed by atoms with E-state index < -0.39 is 30.3 Å². The number of carboxylic acid groups (broad SMARTS) is 1. The Labute approximate surface area is 164 Å². The number of ether oxygens (including phenoxy) is 2. The van der Waals surface area contributed by atoms with E-state index in [4.69, 9.17) is 19.1 Å². The van der Waals surface area contributed by atoms with Gasteiger partial charge in [-0.15, -0.1) is 0 Å². The van der Waals surface area contributed by atoms with Crippen LogP contribution in [0.4, 0.5) is 4.39 Å². The third kappa shape index (κ3) is 4.77. The highest BCUT2D eigenvalue weighted by Gasteiger charge is 2.19. The van der Waals surface area contributed by atoms with Crippen molar-refractivity contribution in [2.24, 2.45) is 0 Å². The molecule has 0 radical (unpaired) electrons. The number of aromatic nitrogens is 1. The van der Waals surface area contributed by atoms with E-state index in [2.05, 4.69) is 5.16 Å². The normalized spacial score (nSPS) is 11.7. The van der Waals surface area contributed by atoms with Gasteiger partial charge in [-0.05, 0) is 35.9 Å². The van der Waals surface area contributed by atoms with Crippen LogP contribution in [0.2, 0.25) is 0 Å². The maximum Gasteiger partial charge on any atom is 0.382 e. The van der Waals surface area contributed by atoms with Crippen molar-refractivity contribution in [3.63, 3.8) is 0 Å². The highest BCUT2D eigenvalue weighted by Crippen LogP contribution is 2.27. The summed E-state index contributed by atoms with van der Waals surface area (Å²) in [5.41, 5.74) is 0.444. The van der Waals surface area contributed by atoms with Crippen molar-refractivity contribution in [2.75, 3.05) is 7.11 Å². The van der Waals surface area contributed by atoms with E-state index in [1.807, 2.05) is 0 Å². The van der Waals surface area contributed by atoms with Gasteiger partial charge in [-0.3, -0.25) is 4.79 Å². The van der Waals surface area contributed by atoms with Crippen LogP contribution in [0, 0.1) is 5.82 Å². The van der Waals surface area contributed by atoms with Crippen LogP contribution in [0.1, 0.15) is 28.6 Å². The maximum atomic E-state index is 14.0. The van der Waals surface area contributed by atoms with E-state index in [0.29, 0.717) is 5.75 Å². The highest BCUT2D eigenvalue weighted by atomic mass is 19.1. The Bertz CT molecular complexity index is 1050. The number of hydrogen-bond acceptors (Lipinski definition) is 7. The average molecular weight is 401 g/mol. The lowest BCUT2D eigenvalue weighted by atomic mass is 10.1. The number of aliphatic hydroxyl groups excluding tert-OH is 1. The van der Waals surface area contributed by atoms with Crippen molar-refractivity contribution < 1.29 is 38.2 Å². The molecule has 1 atom stereocenters. The first kappa shape index (κ1) is 20.0. The molecule has 0 aliphatic rings. The molecule has 2 aromatic carbocycles. The zero-order valence-electron chi connectivity index (χ0n) is 15.2. The molecule has 0 bridgehead atoms. The molecule has 1 heterocycles. The fourth-order valence-corrected chi connectivity index (χ4v) is 2.55. The Morgan fingerprint density at radius 3 is 2.69 bits per heavy atom. The van der Waals surface area contributed by atoms with Crippen LogP contribution >= 0.6 is 0 Å². The van der Waals surface area contributed by atoms with Gasteiger partial charge in [-0.1, -0.05) is 17.3 Å². The minimum Gasteiger partial charge on any atom is -0.497 e. The third-order valence-electron chi connectivity index (χ3n) is 3.98. The summed E-state index contributed by atoms with van der Waals surface area (Å²) in [6, 6.07) is 11.1. The van der Waals surface area contributed by atoms with Crippen LogP contribution in [0.5, 0.6) is 11.5 Å². The first-order valence-corrected chi connectivity index (χ1v) is 8.40. The van der Waals surface area contributed by atoms with Crippen molar-refractivity contribution in [3.8, 4) is 22.8 Å². The zero-order chi connectivity index (χ0) is 21.0. The molecule has 0 spiro atoms. The molecule has 0 fully saturated rings. The second-order valence-corrected chi connectivity index (χ2v) is 6.00. The molecule has 0 unspecified atom stereocenters. The molecular formula is C20H16FNO7. The molecule has 2 N–H and O–H groups in total. The Morgan fingerprint density at radius 1 is 1.17 bits per heavy atom. The molecule has 9 heteroatoms. The molecule has 3 rings (SSSR count). The van der Waals surface area contributed by atoms with Gasteiger partial charge in [0.2, 0.25) is 5.76 Å². The second-order valence-electron chi connectivity index (χ2n) is 6.00. The predicted molar refractivity (Wildman–Crippen MR) is 97.1 cm³/mol. The number of nitrogens with zero attached hydrogens (tertiary/aromatic N) is 1. The van der Waals surface area contributed by atoms with Gasteiger partial charge in [0, 0.05) is 11.6 Å². The topological polar surface area (TPSA) is 119 Å². The summed E-state index contributed by atoms with van der Waals surface area (Å²) in [5.74, 6) is -2.42. The maximum absolute atomic E-state index is 14.0. The van der Waals surface area contributed by atoms with Gasteiger partial charge >= 0.3 is 11.9 Å². The van der Waals surface area contributed by atoms with Crippen molar-refractivity contribution >= 4 is 11.9 Å². The van der Waals surface area contributed by atoms with Gasteiger partial charge in [0.1, 0.15) is 23.0 Å². The van der Waals surface area contributed by atoms with Crippen LogP contribution in [-0.4, -0.2) is 34.4 Å². The number of hydrogen-bond donors (Lipinski definition) is 2. The highest BCUT2D eigenvalue weighted by molar-refractivity contribution is 5.89. The molecule has 0 amide bonds. The number of rotatable bonds is 7. The van der Waals surface area contributed by atoms with E-state index in [-0.39, 0.29) is 28.3 Å². The standard InChI is InChI=1S/C20H16FNO7/c1-27-12-5-6-15(21)14(8-12)16-9-18(29-22-16)20(26)28-13-4-2-3-11(7-13)17(23)10-19(24)25/h2-9,17,23H,10H2,1H3,(H,24,25)/t17-/m1/s1. The summed E-state index contributed by atoms with van der Waals surface area (Å²) in [6.45, 7) is 0. The summed E-state index contributed by atoms with van der Waals surface area (Å²) in [7, 11) is 1.43. The summed E-state index contributed by atoms with van der Waals surface area (Å²) in [4.78, 5) is 23.0. The largest absolute Gasteiger partial charge is 0.497 e. The first-order chi connectivity index (χ1) is 13.9. The molecule has 3 aromatic rings. The third-order valence-corrected chi connectivity index (χ3v) is 3.98. The molecule has 0 saturated heterocycles. The molecule has 0 saturated carbocycles. The van der Waals surface area contributed by atoms with E-state index >= 15 is 0 Å². The number of carboxylic acids is 1. The van der Waals surface area contributed by atoms with Gasteiger partial charge in [0.25, 0.3) is 0 Å². The number of esters is 1. The lowest BCUT2D eigenvalue weighted by Gasteiger charge is -2.09. The number of carbonyl (C=O) groups excluding carboxylic acids is 1. The van der Waals surface area contributed by atoms with Crippen LogP contribution in [0.3, 0.4) is 0 Å². The number of aliphatic hydroxyl groups is 1. The molecule has 8 nitrogen and oxygen atoms in total. The van der Waals surface area contributed by atoms with E-state index in [1.54, 1.807) is 0 Å². The number of carbonyl (C=O) groups is 2. The van der Waals surface area contributed by atoms with Crippen LogP contribution < -0.4 is 9.47 Å². The van der Waals surface area contributed by atoms with Crippen LogP contribution in [0.25, 0.3) is 11.3 Å². The van der Waals surface area contributed by atoms with E-state index in [0.717, 1.165) is 0 Å². The molecule has 0 aliphatic carbocycles. The molecule has 0 aliphatic heterocycles. The van der Waals surface area contributed by atoms with Gasteiger partial charge < -0.3 is 24.2 Å².